The molecule has 2 aliphatic rings. The van der Waals surface area contributed by atoms with Crippen LogP contribution >= 0.6 is 11.8 Å². The highest BCUT2D eigenvalue weighted by atomic mass is 32.2. The highest BCUT2D eigenvalue weighted by Crippen LogP contribution is 2.20. The van der Waals surface area contributed by atoms with Gasteiger partial charge in [0.2, 0.25) is 0 Å². The first-order chi connectivity index (χ1) is 9.66. The van der Waals surface area contributed by atoms with E-state index in [0.29, 0.717) is 31.9 Å². The summed E-state index contributed by atoms with van der Waals surface area (Å²) in [5.41, 5.74) is 0. The maximum Gasteiger partial charge on any atom is 0.327 e. The average Bonchev–Trinajstić information content (AvgIpc) is 2.93. The van der Waals surface area contributed by atoms with Crippen LogP contribution in [0.15, 0.2) is 12.4 Å². The number of thioether (sulfide) groups is 1. The average molecular weight is 296 g/mol. The lowest BCUT2D eigenvalue weighted by molar-refractivity contribution is -0.141. The first-order valence-electron chi connectivity index (χ1n) is 6.53. The van der Waals surface area contributed by atoms with Crippen LogP contribution in [0.1, 0.15) is 5.82 Å². The van der Waals surface area contributed by atoms with E-state index in [1.54, 1.807) is 22.9 Å². The molecule has 7 nitrogen and oxygen atoms in total. The number of rotatable bonds is 1. The molecule has 8 heteroatoms. The molecule has 0 aromatic carbocycles. The van der Waals surface area contributed by atoms with Crippen LogP contribution < -0.4 is 0 Å². The Kier molecular flexibility index (Phi) is 3.56. The van der Waals surface area contributed by atoms with Crippen LogP contribution in [0, 0.1) is 0 Å². The normalized spacial score (nSPS) is 22.5. The quantitative estimate of drug-likeness (QED) is 0.807. The van der Waals surface area contributed by atoms with E-state index in [4.69, 9.17) is 0 Å². The van der Waals surface area contributed by atoms with Crippen LogP contribution in [0.3, 0.4) is 0 Å². The monoisotopic (exact) mass is 296 g/mol. The third-order valence-electron chi connectivity index (χ3n) is 3.67. The molecular formula is C12H16N4O3S. The molecule has 20 heavy (non-hydrogen) atoms. The van der Waals surface area contributed by atoms with E-state index < -0.39 is 12.0 Å². The second-order valence-corrected chi connectivity index (χ2v) is 6.01. The molecule has 1 fully saturated rings. The molecule has 3 rings (SSSR count). The number of fused-ring (bicyclic) bond motifs is 1. The number of urea groups is 1. The van der Waals surface area contributed by atoms with Crippen LogP contribution in [0.25, 0.3) is 0 Å². The molecule has 0 radical (unpaired) electrons. The number of aliphatic carboxylic acids is 1. The maximum atomic E-state index is 12.5. The Bertz CT molecular complexity index is 533. The van der Waals surface area contributed by atoms with Gasteiger partial charge in [0.25, 0.3) is 0 Å². The number of carbonyl (C=O) groups is 2. The Morgan fingerprint density at radius 3 is 3.00 bits per heavy atom. The SMILES string of the molecule is O=C(O)C1CSCCN1C(=O)N1CCn2ccnc2C1. The predicted octanol–water partition coefficient (Wildman–Crippen LogP) is 0.321. The predicted molar refractivity (Wildman–Crippen MR) is 73.5 cm³/mol. The van der Waals surface area contributed by atoms with Crippen LogP contribution in [0.2, 0.25) is 0 Å². The number of hydrogen-bond acceptors (Lipinski definition) is 4. The minimum atomic E-state index is -0.927. The number of hydrogen-bond donors (Lipinski definition) is 1. The zero-order chi connectivity index (χ0) is 14.1. The Morgan fingerprint density at radius 2 is 2.20 bits per heavy atom. The zero-order valence-corrected chi connectivity index (χ0v) is 11.8. The fraction of sp³-hybridized carbons (Fsp3) is 0.583. The Balaban J connectivity index is 1.73. The summed E-state index contributed by atoms with van der Waals surface area (Å²) >= 11 is 1.58. The van der Waals surface area contributed by atoms with E-state index in [-0.39, 0.29) is 6.03 Å². The van der Waals surface area contributed by atoms with E-state index in [9.17, 15) is 14.7 Å². The summed E-state index contributed by atoms with van der Waals surface area (Å²) < 4.78 is 2.02. The van der Waals surface area contributed by atoms with Crippen molar-refractivity contribution in [1.82, 2.24) is 19.4 Å². The number of carboxylic acid groups (broad SMARTS) is 1. The van der Waals surface area contributed by atoms with Crippen molar-refractivity contribution in [3.63, 3.8) is 0 Å². The summed E-state index contributed by atoms with van der Waals surface area (Å²) in [5, 5.41) is 9.24. The third-order valence-corrected chi connectivity index (χ3v) is 4.70. The molecule has 1 aromatic rings. The van der Waals surface area contributed by atoms with Crippen LogP contribution in [0.5, 0.6) is 0 Å². The van der Waals surface area contributed by atoms with Gasteiger partial charge in [-0.1, -0.05) is 0 Å². The highest BCUT2D eigenvalue weighted by Gasteiger charge is 2.35. The lowest BCUT2D eigenvalue weighted by Gasteiger charge is -2.38. The number of carbonyl (C=O) groups excluding carboxylic acids is 1. The molecular weight excluding hydrogens is 280 g/mol. The van der Waals surface area contributed by atoms with Crippen LogP contribution in [0.4, 0.5) is 4.79 Å². The summed E-state index contributed by atoms with van der Waals surface area (Å²) in [5.74, 6) is 1.17. The number of aromatic nitrogens is 2. The minimum absolute atomic E-state index is 0.188. The van der Waals surface area contributed by atoms with Gasteiger partial charge in [0, 0.05) is 43.5 Å². The van der Waals surface area contributed by atoms with E-state index in [2.05, 4.69) is 4.98 Å². The molecule has 0 saturated carbocycles. The summed E-state index contributed by atoms with van der Waals surface area (Å²) in [7, 11) is 0. The number of amides is 2. The largest absolute Gasteiger partial charge is 0.480 e. The molecule has 0 spiro atoms. The second-order valence-electron chi connectivity index (χ2n) is 4.86. The van der Waals surface area contributed by atoms with Crippen molar-refractivity contribution in [3.8, 4) is 0 Å². The molecule has 3 heterocycles. The third kappa shape index (κ3) is 2.35. The fourth-order valence-electron chi connectivity index (χ4n) is 2.56. The molecule has 1 saturated heterocycles. The van der Waals surface area contributed by atoms with Crippen LogP contribution in [-0.2, 0) is 17.9 Å². The summed E-state index contributed by atoms with van der Waals surface area (Å²) in [6.45, 7) is 2.24. The van der Waals surface area contributed by atoms with Gasteiger partial charge in [0.1, 0.15) is 11.9 Å². The van der Waals surface area contributed by atoms with Crippen molar-refractivity contribution in [2.75, 3.05) is 24.6 Å². The first-order valence-corrected chi connectivity index (χ1v) is 7.68. The van der Waals surface area contributed by atoms with Gasteiger partial charge in [0.05, 0.1) is 6.54 Å². The van der Waals surface area contributed by atoms with Crippen molar-refractivity contribution < 1.29 is 14.7 Å². The van der Waals surface area contributed by atoms with E-state index in [1.165, 1.54) is 4.90 Å². The zero-order valence-electron chi connectivity index (χ0n) is 10.9. The molecule has 2 aliphatic heterocycles. The van der Waals surface area contributed by atoms with Crippen molar-refractivity contribution in [2.45, 2.75) is 19.1 Å². The lowest BCUT2D eigenvalue weighted by atomic mass is 10.2. The Labute approximate surface area is 120 Å². The van der Waals surface area contributed by atoms with Gasteiger partial charge in [-0.15, -0.1) is 0 Å². The van der Waals surface area contributed by atoms with Crippen LogP contribution in [-0.4, -0.2) is 67.1 Å². The van der Waals surface area contributed by atoms with Gasteiger partial charge >= 0.3 is 12.0 Å². The molecule has 0 aliphatic carbocycles. The topological polar surface area (TPSA) is 78.7 Å². The van der Waals surface area contributed by atoms with E-state index in [0.717, 1.165) is 11.6 Å². The van der Waals surface area contributed by atoms with Gasteiger partial charge in [-0.3, -0.25) is 0 Å². The van der Waals surface area contributed by atoms with E-state index >= 15 is 0 Å². The molecule has 108 valence electrons. The molecule has 2 amide bonds. The molecule has 1 aromatic heterocycles. The molecule has 1 atom stereocenters. The minimum Gasteiger partial charge on any atom is -0.480 e. The standard InChI is InChI=1S/C12H16N4O3S/c17-11(18)9-8-20-6-5-16(9)12(19)15-4-3-14-2-1-13-10(14)7-15/h1-2,9H,3-8H2,(H,17,18). The van der Waals surface area contributed by atoms with Gasteiger partial charge in [0.15, 0.2) is 0 Å². The summed E-state index contributed by atoms with van der Waals surface area (Å²) in [6.07, 6.45) is 3.62. The number of nitrogens with zero attached hydrogens (tertiary/aromatic N) is 4. The number of imidazole rings is 1. The van der Waals surface area contributed by atoms with Gasteiger partial charge in [-0.25, -0.2) is 14.6 Å². The molecule has 1 N–H and O–H groups in total. The van der Waals surface area contributed by atoms with Crippen molar-refractivity contribution >= 4 is 23.8 Å². The molecule has 1 unspecified atom stereocenters. The summed E-state index contributed by atoms with van der Waals surface area (Å²) in [6, 6.07) is -0.908. The Hall–Kier alpha value is -1.70. The van der Waals surface area contributed by atoms with Gasteiger partial charge in [-0.2, -0.15) is 11.8 Å². The van der Waals surface area contributed by atoms with Crippen molar-refractivity contribution in [3.05, 3.63) is 18.2 Å². The smallest absolute Gasteiger partial charge is 0.327 e. The Morgan fingerprint density at radius 1 is 1.35 bits per heavy atom. The second kappa shape index (κ2) is 5.35. The number of carboxylic acids is 1. The highest BCUT2D eigenvalue weighted by molar-refractivity contribution is 7.99. The van der Waals surface area contributed by atoms with Crippen molar-refractivity contribution in [2.24, 2.45) is 0 Å². The van der Waals surface area contributed by atoms with E-state index in [1.807, 2.05) is 10.8 Å². The van der Waals surface area contributed by atoms with Gasteiger partial charge in [-0.05, 0) is 0 Å². The molecule has 0 bridgehead atoms. The first kappa shape index (κ1) is 13.3. The maximum absolute atomic E-state index is 12.5. The fourth-order valence-corrected chi connectivity index (χ4v) is 3.59. The summed E-state index contributed by atoms with van der Waals surface area (Å²) in [4.78, 5) is 31.2. The lowest BCUT2D eigenvalue weighted by Crippen LogP contribution is -2.55. The van der Waals surface area contributed by atoms with Gasteiger partial charge < -0.3 is 19.5 Å². The van der Waals surface area contributed by atoms with Crippen molar-refractivity contribution in [1.29, 1.82) is 0 Å².